The van der Waals surface area contributed by atoms with Gasteiger partial charge in [0.25, 0.3) is 0 Å². The standard InChI is InChI=1S/C14H20O4/c1-12(2)8-13(15,16)9-14(17,18)11(12)10-6-4-3-5-7-10/h3-7,11,15-18H,8-9H2,1-2H3. The molecule has 1 saturated carbocycles. The van der Waals surface area contributed by atoms with Crippen LogP contribution in [-0.2, 0) is 0 Å². The van der Waals surface area contributed by atoms with Crippen molar-refractivity contribution in [1.29, 1.82) is 0 Å². The molecule has 4 nitrogen and oxygen atoms in total. The summed E-state index contributed by atoms with van der Waals surface area (Å²) in [6.45, 7) is 3.62. The predicted octanol–water partition coefficient (Wildman–Crippen LogP) is 0.952. The van der Waals surface area contributed by atoms with E-state index in [1.807, 2.05) is 44.2 Å². The van der Waals surface area contributed by atoms with Gasteiger partial charge in [-0.1, -0.05) is 44.2 Å². The summed E-state index contributed by atoms with van der Waals surface area (Å²) in [6.07, 6.45) is -0.370. The quantitative estimate of drug-likeness (QED) is 0.561. The van der Waals surface area contributed by atoms with Crippen LogP contribution in [0.4, 0.5) is 0 Å². The Kier molecular flexibility index (Phi) is 3.02. The van der Waals surface area contributed by atoms with E-state index in [1.54, 1.807) is 0 Å². The third-order valence-electron chi connectivity index (χ3n) is 3.66. The van der Waals surface area contributed by atoms with E-state index in [1.165, 1.54) is 0 Å². The zero-order valence-electron chi connectivity index (χ0n) is 10.7. The highest BCUT2D eigenvalue weighted by Gasteiger charge is 2.56. The zero-order valence-corrected chi connectivity index (χ0v) is 10.7. The maximum atomic E-state index is 10.2. The molecule has 0 spiro atoms. The lowest BCUT2D eigenvalue weighted by molar-refractivity contribution is -0.312. The number of aliphatic hydroxyl groups is 4. The van der Waals surface area contributed by atoms with E-state index < -0.39 is 29.3 Å². The fraction of sp³-hybridized carbons (Fsp3) is 0.571. The summed E-state index contributed by atoms with van der Waals surface area (Å²) in [4.78, 5) is 0. The molecule has 0 aromatic heterocycles. The van der Waals surface area contributed by atoms with Crippen molar-refractivity contribution >= 4 is 0 Å². The van der Waals surface area contributed by atoms with Crippen molar-refractivity contribution in [2.75, 3.05) is 0 Å². The van der Waals surface area contributed by atoms with Gasteiger partial charge in [-0.05, 0) is 11.0 Å². The summed E-state index contributed by atoms with van der Waals surface area (Å²) in [6, 6.07) is 9.19. The summed E-state index contributed by atoms with van der Waals surface area (Å²) in [5, 5.41) is 39.9. The molecule has 0 aliphatic heterocycles. The van der Waals surface area contributed by atoms with Crippen LogP contribution in [0.3, 0.4) is 0 Å². The first-order valence-electron chi connectivity index (χ1n) is 6.09. The molecule has 1 aliphatic rings. The van der Waals surface area contributed by atoms with Crippen molar-refractivity contribution < 1.29 is 20.4 Å². The Labute approximate surface area is 107 Å². The molecule has 1 atom stereocenters. The summed E-state index contributed by atoms with van der Waals surface area (Å²) >= 11 is 0. The summed E-state index contributed by atoms with van der Waals surface area (Å²) < 4.78 is 0. The van der Waals surface area contributed by atoms with Crippen molar-refractivity contribution in [1.82, 2.24) is 0 Å². The number of rotatable bonds is 1. The SMILES string of the molecule is CC1(C)CC(O)(O)CC(O)(O)C1c1ccccc1. The van der Waals surface area contributed by atoms with Gasteiger partial charge in [0, 0.05) is 12.3 Å². The van der Waals surface area contributed by atoms with E-state index in [0.29, 0.717) is 0 Å². The molecule has 4 N–H and O–H groups in total. The first-order chi connectivity index (χ1) is 8.14. The molecule has 0 radical (unpaired) electrons. The molecule has 2 rings (SSSR count). The molecule has 4 heteroatoms. The van der Waals surface area contributed by atoms with Crippen LogP contribution >= 0.6 is 0 Å². The predicted molar refractivity (Wildman–Crippen MR) is 66.5 cm³/mol. The van der Waals surface area contributed by atoms with Gasteiger partial charge >= 0.3 is 0 Å². The van der Waals surface area contributed by atoms with Gasteiger partial charge in [0.1, 0.15) is 0 Å². The molecule has 100 valence electrons. The molecule has 1 unspecified atom stereocenters. The number of benzene rings is 1. The van der Waals surface area contributed by atoms with Gasteiger partial charge in [-0.2, -0.15) is 0 Å². The van der Waals surface area contributed by atoms with Crippen molar-refractivity contribution in [3.63, 3.8) is 0 Å². The molecule has 1 aromatic rings. The van der Waals surface area contributed by atoms with Crippen LogP contribution in [0, 0.1) is 5.41 Å². The van der Waals surface area contributed by atoms with Crippen molar-refractivity contribution in [3.05, 3.63) is 35.9 Å². The van der Waals surface area contributed by atoms with E-state index in [2.05, 4.69) is 0 Å². The van der Waals surface area contributed by atoms with Gasteiger partial charge in [-0.25, -0.2) is 0 Å². The first kappa shape index (κ1) is 13.5. The van der Waals surface area contributed by atoms with Gasteiger partial charge in [0.2, 0.25) is 0 Å². The van der Waals surface area contributed by atoms with Gasteiger partial charge < -0.3 is 20.4 Å². The molecule has 1 aromatic carbocycles. The first-order valence-corrected chi connectivity index (χ1v) is 6.09. The molecule has 0 heterocycles. The molecule has 0 bridgehead atoms. The minimum atomic E-state index is -2.13. The lowest BCUT2D eigenvalue weighted by Crippen LogP contribution is -2.57. The average molecular weight is 252 g/mol. The third kappa shape index (κ3) is 2.42. The molecular formula is C14H20O4. The normalized spacial score (nSPS) is 28.9. The Balaban J connectivity index is 2.45. The second kappa shape index (κ2) is 4.03. The molecule has 18 heavy (non-hydrogen) atoms. The Morgan fingerprint density at radius 2 is 1.50 bits per heavy atom. The maximum absolute atomic E-state index is 10.2. The maximum Gasteiger partial charge on any atom is 0.175 e. The number of hydrogen-bond donors (Lipinski definition) is 4. The fourth-order valence-electron chi connectivity index (χ4n) is 3.40. The second-order valence-electron chi connectivity index (χ2n) is 6.05. The second-order valence-corrected chi connectivity index (χ2v) is 6.05. The lowest BCUT2D eigenvalue weighted by atomic mass is 9.61. The molecule has 1 fully saturated rings. The topological polar surface area (TPSA) is 80.9 Å². The van der Waals surface area contributed by atoms with E-state index in [4.69, 9.17) is 0 Å². The highest BCUT2D eigenvalue weighted by Crippen LogP contribution is 2.53. The van der Waals surface area contributed by atoms with E-state index in [-0.39, 0.29) is 6.42 Å². The fourth-order valence-corrected chi connectivity index (χ4v) is 3.40. The van der Waals surface area contributed by atoms with Crippen LogP contribution in [-0.4, -0.2) is 32.0 Å². The molecule has 0 saturated heterocycles. The minimum absolute atomic E-state index is 0.0996. The van der Waals surface area contributed by atoms with Crippen LogP contribution in [0.2, 0.25) is 0 Å². The van der Waals surface area contributed by atoms with Crippen LogP contribution in [0.5, 0.6) is 0 Å². The van der Waals surface area contributed by atoms with Crippen LogP contribution in [0.25, 0.3) is 0 Å². The van der Waals surface area contributed by atoms with Gasteiger partial charge in [0.05, 0.1) is 6.42 Å². The summed E-state index contributed by atoms with van der Waals surface area (Å²) in [5.41, 5.74) is 0.162. The minimum Gasteiger partial charge on any atom is -0.365 e. The van der Waals surface area contributed by atoms with Crippen molar-refractivity contribution in [2.45, 2.75) is 44.2 Å². The van der Waals surface area contributed by atoms with E-state index in [0.717, 1.165) is 5.56 Å². The van der Waals surface area contributed by atoms with Crippen LogP contribution in [0.15, 0.2) is 30.3 Å². The van der Waals surface area contributed by atoms with E-state index >= 15 is 0 Å². The summed E-state index contributed by atoms with van der Waals surface area (Å²) in [7, 11) is 0. The molecular weight excluding hydrogens is 232 g/mol. The number of hydrogen-bond acceptors (Lipinski definition) is 4. The Bertz CT molecular complexity index is 403. The smallest absolute Gasteiger partial charge is 0.175 e. The largest absolute Gasteiger partial charge is 0.365 e. The highest BCUT2D eigenvalue weighted by molar-refractivity contribution is 5.26. The molecule has 1 aliphatic carbocycles. The van der Waals surface area contributed by atoms with Crippen molar-refractivity contribution in [3.8, 4) is 0 Å². The Morgan fingerprint density at radius 1 is 0.944 bits per heavy atom. The molecule has 0 amide bonds. The van der Waals surface area contributed by atoms with Crippen molar-refractivity contribution in [2.24, 2.45) is 5.41 Å². The lowest BCUT2D eigenvalue weighted by Gasteiger charge is -2.51. The monoisotopic (exact) mass is 252 g/mol. The van der Waals surface area contributed by atoms with E-state index in [9.17, 15) is 20.4 Å². The highest BCUT2D eigenvalue weighted by atomic mass is 16.5. The van der Waals surface area contributed by atoms with Crippen LogP contribution in [0.1, 0.15) is 38.2 Å². The average Bonchev–Trinajstić information content (AvgIpc) is 2.12. The van der Waals surface area contributed by atoms with Crippen LogP contribution < -0.4 is 0 Å². The Morgan fingerprint density at radius 3 is 2.00 bits per heavy atom. The van der Waals surface area contributed by atoms with Gasteiger partial charge in [-0.15, -0.1) is 0 Å². The summed E-state index contributed by atoms with van der Waals surface area (Å²) in [5.74, 6) is -4.73. The zero-order chi connectivity index (χ0) is 13.6. The third-order valence-corrected chi connectivity index (χ3v) is 3.66. The van der Waals surface area contributed by atoms with Gasteiger partial charge in [0.15, 0.2) is 11.6 Å². The van der Waals surface area contributed by atoms with Gasteiger partial charge in [-0.3, -0.25) is 0 Å². The Hall–Kier alpha value is -0.940.